The summed E-state index contributed by atoms with van der Waals surface area (Å²) in [5.74, 6) is 1.24. The van der Waals surface area contributed by atoms with Crippen LogP contribution in [0, 0.1) is 5.92 Å². The molecule has 158 valence electrons. The van der Waals surface area contributed by atoms with E-state index in [-0.39, 0.29) is 17.7 Å². The average Bonchev–Trinajstić information content (AvgIpc) is 2.77. The van der Waals surface area contributed by atoms with Gasteiger partial charge in [-0.1, -0.05) is 48.9 Å². The van der Waals surface area contributed by atoms with E-state index in [1.54, 1.807) is 12.3 Å². The Morgan fingerprint density at radius 3 is 2.57 bits per heavy atom. The molecule has 1 aliphatic rings. The minimum absolute atomic E-state index is 0.135. The number of aromatic amines is 1. The third-order valence-corrected chi connectivity index (χ3v) is 6.66. The Morgan fingerprint density at radius 1 is 1.13 bits per heavy atom. The first-order valence-corrected chi connectivity index (χ1v) is 11.2. The molecule has 0 radical (unpaired) electrons. The number of rotatable bonds is 6. The molecule has 3 aromatic rings. The number of pyridine rings is 1. The lowest BCUT2D eigenvalue weighted by Crippen LogP contribution is -2.35. The summed E-state index contributed by atoms with van der Waals surface area (Å²) >= 11 is 6.51. The number of ether oxygens (including phenoxy) is 1. The van der Waals surface area contributed by atoms with Crippen molar-refractivity contribution < 1.29 is 4.74 Å². The Morgan fingerprint density at radius 2 is 1.87 bits per heavy atom. The molecule has 0 spiro atoms. The maximum atomic E-state index is 12.4. The van der Waals surface area contributed by atoms with Gasteiger partial charge in [-0.25, -0.2) is 0 Å². The van der Waals surface area contributed by atoms with E-state index in [0.29, 0.717) is 22.1 Å². The Kier molecular flexibility index (Phi) is 6.45. The monoisotopic (exact) mass is 424 g/mol. The van der Waals surface area contributed by atoms with E-state index in [1.165, 1.54) is 5.56 Å². The van der Waals surface area contributed by atoms with Gasteiger partial charge in [-0.2, -0.15) is 0 Å². The Balaban J connectivity index is 1.59. The summed E-state index contributed by atoms with van der Waals surface area (Å²) in [7, 11) is 0. The maximum absolute atomic E-state index is 12.4. The van der Waals surface area contributed by atoms with Gasteiger partial charge in [-0.3, -0.25) is 4.79 Å². The SMILES string of the molecule is CCC(N)[C@H]1CC[C@@H](Oc2cc3c(Cc4ccccc4)c[nH]c(=O)c3cc2Cl)CC1. The fourth-order valence-electron chi connectivity index (χ4n) is 4.51. The van der Waals surface area contributed by atoms with Crippen molar-refractivity contribution in [1.29, 1.82) is 0 Å². The normalized spacial score (nSPS) is 20.2. The van der Waals surface area contributed by atoms with E-state index < -0.39 is 0 Å². The lowest BCUT2D eigenvalue weighted by Gasteiger charge is -2.32. The van der Waals surface area contributed by atoms with Crippen LogP contribution in [0.15, 0.2) is 53.5 Å². The van der Waals surface area contributed by atoms with Crippen molar-refractivity contribution in [3.63, 3.8) is 0 Å². The minimum Gasteiger partial charge on any atom is -0.489 e. The molecule has 4 rings (SSSR count). The zero-order valence-corrected chi connectivity index (χ0v) is 18.1. The lowest BCUT2D eigenvalue weighted by molar-refractivity contribution is 0.122. The van der Waals surface area contributed by atoms with Crippen molar-refractivity contribution in [3.05, 3.63) is 75.2 Å². The van der Waals surface area contributed by atoms with E-state index >= 15 is 0 Å². The largest absolute Gasteiger partial charge is 0.489 e. The van der Waals surface area contributed by atoms with Crippen LogP contribution < -0.4 is 16.0 Å². The molecule has 4 nitrogen and oxygen atoms in total. The van der Waals surface area contributed by atoms with Crippen molar-refractivity contribution in [1.82, 2.24) is 4.98 Å². The van der Waals surface area contributed by atoms with Gasteiger partial charge in [-0.05, 0) is 73.1 Å². The molecule has 1 saturated carbocycles. The second-order valence-corrected chi connectivity index (χ2v) is 8.77. The fraction of sp³-hybridized carbons (Fsp3) is 0.400. The number of H-pyrrole nitrogens is 1. The third kappa shape index (κ3) is 4.55. The van der Waals surface area contributed by atoms with Crippen LogP contribution in [0.2, 0.25) is 5.02 Å². The van der Waals surface area contributed by atoms with Gasteiger partial charge in [0, 0.05) is 17.6 Å². The van der Waals surface area contributed by atoms with Gasteiger partial charge in [0.25, 0.3) is 5.56 Å². The summed E-state index contributed by atoms with van der Waals surface area (Å²) in [6.07, 6.45) is 7.83. The van der Waals surface area contributed by atoms with Crippen molar-refractivity contribution in [2.75, 3.05) is 0 Å². The van der Waals surface area contributed by atoms with E-state index in [1.807, 2.05) is 24.3 Å². The molecule has 1 aromatic heterocycles. The summed E-state index contributed by atoms with van der Waals surface area (Å²) in [5.41, 5.74) is 8.34. The molecule has 1 unspecified atom stereocenters. The standard InChI is InChI=1S/C25H29ClN2O2/c1-2-23(27)17-8-10-19(11-9-17)30-24-14-20-18(12-16-6-4-3-5-7-16)15-28-25(29)21(20)13-22(24)26/h3-7,13-15,17,19,23H,2,8-12,27H2,1H3,(H,28,29)/t17-,19+,23?. The van der Waals surface area contributed by atoms with Crippen LogP contribution in [-0.2, 0) is 6.42 Å². The molecule has 1 heterocycles. The first kappa shape index (κ1) is 21.0. The molecule has 0 saturated heterocycles. The van der Waals surface area contributed by atoms with Crippen LogP contribution in [0.4, 0.5) is 0 Å². The van der Waals surface area contributed by atoms with Crippen molar-refractivity contribution >= 4 is 22.4 Å². The predicted molar refractivity (Wildman–Crippen MR) is 123 cm³/mol. The first-order valence-electron chi connectivity index (χ1n) is 10.8. The Bertz CT molecular complexity index is 1060. The highest BCUT2D eigenvalue weighted by Gasteiger charge is 2.26. The number of aromatic nitrogens is 1. The van der Waals surface area contributed by atoms with E-state index in [0.717, 1.165) is 49.5 Å². The smallest absolute Gasteiger partial charge is 0.255 e. The quantitative estimate of drug-likeness (QED) is 0.553. The molecule has 2 aromatic carbocycles. The molecular formula is C25H29ClN2O2. The molecule has 3 N–H and O–H groups in total. The van der Waals surface area contributed by atoms with Crippen LogP contribution in [-0.4, -0.2) is 17.1 Å². The fourth-order valence-corrected chi connectivity index (χ4v) is 4.72. The summed E-state index contributed by atoms with van der Waals surface area (Å²) in [6, 6.07) is 14.2. The van der Waals surface area contributed by atoms with Gasteiger partial charge < -0.3 is 15.5 Å². The van der Waals surface area contributed by atoms with Crippen LogP contribution in [0.3, 0.4) is 0 Å². The predicted octanol–water partition coefficient (Wildman–Crippen LogP) is 5.45. The first-order chi connectivity index (χ1) is 14.5. The zero-order valence-electron chi connectivity index (χ0n) is 17.4. The zero-order chi connectivity index (χ0) is 21.1. The molecule has 1 atom stereocenters. The number of benzene rings is 2. The molecule has 30 heavy (non-hydrogen) atoms. The molecule has 0 aliphatic heterocycles. The number of fused-ring (bicyclic) bond motifs is 1. The number of halogens is 1. The molecule has 0 bridgehead atoms. The van der Waals surface area contributed by atoms with Crippen molar-refractivity contribution in [2.45, 2.75) is 57.6 Å². The number of nitrogens with one attached hydrogen (secondary N) is 1. The Labute approximate surface area is 182 Å². The highest BCUT2D eigenvalue weighted by molar-refractivity contribution is 6.32. The highest BCUT2D eigenvalue weighted by Crippen LogP contribution is 2.35. The molecule has 1 fully saturated rings. The van der Waals surface area contributed by atoms with Gasteiger partial charge in [0.05, 0.1) is 11.1 Å². The maximum Gasteiger partial charge on any atom is 0.255 e. The van der Waals surface area contributed by atoms with Gasteiger partial charge >= 0.3 is 0 Å². The van der Waals surface area contributed by atoms with Crippen molar-refractivity contribution in [3.8, 4) is 5.75 Å². The average molecular weight is 425 g/mol. The van der Waals surface area contributed by atoms with Gasteiger partial charge in [0.1, 0.15) is 5.75 Å². The Hall–Kier alpha value is -2.30. The minimum atomic E-state index is -0.135. The van der Waals surface area contributed by atoms with E-state index in [4.69, 9.17) is 22.1 Å². The molecule has 0 amide bonds. The topological polar surface area (TPSA) is 68.1 Å². The summed E-state index contributed by atoms with van der Waals surface area (Å²) in [4.78, 5) is 15.2. The number of nitrogens with two attached hydrogens (primary N) is 1. The van der Waals surface area contributed by atoms with Crippen LogP contribution >= 0.6 is 11.6 Å². The highest BCUT2D eigenvalue weighted by atomic mass is 35.5. The van der Waals surface area contributed by atoms with Crippen molar-refractivity contribution in [2.24, 2.45) is 11.7 Å². The van der Waals surface area contributed by atoms with Gasteiger partial charge in [0.15, 0.2) is 0 Å². The van der Waals surface area contributed by atoms with E-state index in [2.05, 4.69) is 24.0 Å². The number of hydrogen-bond donors (Lipinski definition) is 2. The lowest BCUT2D eigenvalue weighted by atomic mass is 9.82. The summed E-state index contributed by atoms with van der Waals surface area (Å²) in [5, 5.41) is 1.97. The molecule has 5 heteroatoms. The van der Waals surface area contributed by atoms with Gasteiger partial charge in [0.2, 0.25) is 0 Å². The summed E-state index contributed by atoms with van der Waals surface area (Å²) < 4.78 is 6.32. The molecule has 1 aliphatic carbocycles. The van der Waals surface area contributed by atoms with Crippen LogP contribution in [0.5, 0.6) is 5.75 Å². The second kappa shape index (κ2) is 9.23. The van der Waals surface area contributed by atoms with Crippen LogP contribution in [0.1, 0.15) is 50.2 Å². The summed E-state index contributed by atoms with van der Waals surface area (Å²) in [6.45, 7) is 2.15. The van der Waals surface area contributed by atoms with E-state index in [9.17, 15) is 4.79 Å². The third-order valence-electron chi connectivity index (χ3n) is 6.37. The second-order valence-electron chi connectivity index (χ2n) is 8.36. The number of hydrogen-bond acceptors (Lipinski definition) is 3. The van der Waals surface area contributed by atoms with Crippen LogP contribution in [0.25, 0.3) is 10.8 Å². The molecular weight excluding hydrogens is 396 g/mol. The van der Waals surface area contributed by atoms with Gasteiger partial charge in [-0.15, -0.1) is 0 Å².